The minimum Gasteiger partial charge on any atom is -0.494 e. The van der Waals surface area contributed by atoms with Gasteiger partial charge in [-0.3, -0.25) is 0 Å². The number of benzene rings is 2. The van der Waals surface area contributed by atoms with Gasteiger partial charge in [0.25, 0.3) is 0 Å². The van der Waals surface area contributed by atoms with E-state index in [9.17, 15) is 4.79 Å². The standard InChI is InChI=1S/C18H23N3O2/c1-13-4-7-15(8-5-13)23-11-3-10-20-18(22)21-17-9-6-14(2)12-16(17)19/h4-9,12H,3,10-11,19H2,1-2H3,(H2,20,21,22). The van der Waals surface area contributed by atoms with Crippen LogP contribution >= 0.6 is 0 Å². The molecule has 0 atom stereocenters. The maximum Gasteiger partial charge on any atom is 0.319 e. The number of nitrogens with one attached hydrogen (secondary N) is 2. The first kappa shape index (κ1) is 16.7. The summed E-state index contributed by atoms with van der Waals surface area (Å²) in [5.41, 5.74) is 9.29. The van der Waals surface area contributed by atoms with Crippen molar-refractivity contribution < 1.29 is 9.53 Å². The van der Waals surface area contributed by atoms with Gasteiger partial charge in [0.15, 0.2) is 0 Å². The first-order valence-corrected chi connectivity index (χ1v) is 7.65. The van der Waals surface area contributed by atoms with Gasteiger partial charge in [-0.15, -0.1) is 0 Å². The van der Waals surface area contributed by atoms with E-state index in [0.717, 1.165) is 17.7 Å². The fourth-order valence-electron chi connectivity index (χ4n) is 2.06. The van der Waals surface area contributed by atoms with Crippen LogP contribution in [0.2, 0.25) is 0 Å². The van der Waals surface area contributed by atoms with Gasteiger partial charge in [0, 0.05) is 6.54 Å². The van der Waals surface area contributed by atoms with Crippen molar-refractivity contribution in [3.8, 4) is 5.75 Å². The average molecular weight is 313 g/mol. The van der Waals surface area contributed by atoms with Crippen molar-refractivity contribution in [2.45, 2.75) is 20.3 Å². The highest BCUT2D eigenvalue weighted by Crippen LogP contribution is 2.19. The molecule has 0 unspecified atom stereocenters. The number of hydrogen-bond donors (Lipinski definition) is 3. The third-order valence-corrected chi connectivity index (χ3v) is 3.35. The molecule has 0 saturated heterocycles. The SMILES string of the molecule is Cc1ccc(OCCCNC(=O)Nc2ccc(C)cc2N)cc1. The van der Waals surface area contributed by atoms with Crippen LogP contribution in [-0.4, -0.2) is 19.2 Å². The summed E-state index contributed by atoms with van der Waals surface area (Å²) in [5, 5.41) is 5.52. The zero-order chi connectivity index (χ0) is 16.7. The van der Waals surface area contributed by atoms with Gasteiger partial charge >= 0.3 is 6.03 Å². The van der Waals surface area contributed by atoms with Gasteiger partial charge in [-0.25, -0.2) is 4.79 Å². The predicted molar refractivity (Wildman–Crippen MR) is 93.9 cm³/mol. The van der Waals surface area contributed by atoms with E-state index in [1.807, 2.05) is 50.2 Å². The van der Waals surface area contributed by atoms with Crippen molar-refractivity contribution in [3.05, 3.63) is 53.6 Å². The smallest absolute Gasteiger partial charge is 0.319 e. The van der Waals surface area contributed by atoms with Crippen LogP contribution in [0.1, 0.15) is 17.5 Å². The van der Waals surface area contributed by atoms with E-state index >= 15 is 0 Å². The number of aryl methyl sites for hydroxylation is 2. The monoisotopic (exact) mass is 313 g/mol. The second kappa shape index (κ2) is 8.08. The molecule has 0 radical (unpaired) electrons. The van der Waals surface area contributed by atoms with E-state index in [1.54, 1.807) is 6.07 Å². The largest absolute Gasteiger partial charge is 0.494 e. The fourth-order valence-corrected chi connectivity index (χ4v) is 2.06. The Morgan fingerprint density at radius 1 is 1.09 bits per heavy atom. The number of carbonyl (C=O) groups is 1. The van der Waals surface area contributed by atoms with Crippen molar-refractivity contribution in [3.63, 3.8) is 0 Å². The van der Waals surface area contributed by atoms with Gasteiger partial charge in [0.2, 0.25) is 0 Å². The lowest BCUT2D eigenvalue weighted by Crippen LogP contribution is -2.30. The molecule has 0 bridgehead atoms. The molecule has 0 aliphatic heterocycles. The number of rotatable bonds is 6. The van der Waals surface area contributed by atoms with Crippen LogP contribution < -0.4 is 21.1 Å². The molecule has 0 fully saturated rings. The van der Waals surface area contributed by atoms with E-state index in [-0.39, 0.29) is 6.03 Å². The molecule has 0 aromatic heterocycles. The van der Waals surface area contributed by atoms with Crippen LogP contribution in [0.3, 0.4) is 0 Å². The first-order chi connectivity index (χ1) is 11.0. The molecule has 2 rings (SSSR count). The van der Waals surface area contributed by atoms with Crippen LogP contribution in [0.15, 0.2) is 42.5 Å². The highest BCUT2D eigenvalue weighted by Gasteiger charge is 2.04. The summed E-state index contributed by atoms with van der Waals surface area (Å²) in [7, 11) is 0. The number of hydrogen-bond acceptors (Lipinski definition) is 3. The van der Waals surface area contributed by atoms with Crippen LogP contribution in [0.5, 0.6) is 5.75 Å². The molecule has 122 valence electrons. The number of carbonyl (C=O) groups excluding carboxylic acids is 1. The van der Waals surface area contributed by atoms with Gasteiger partial charge in [-0.1, -0.05) is 23.8 Å². The van der Waals surface area contributed by atoms with Crippen LogP contribution in [-0.2, 0) is 0 Å². The van der Waals surface area contributed by atoms with E-state index in [1.165, 1.54) is 5.56 Å². The van der Waals surface area contributed by atoms with Gasteiger partial charge in [0.1, 0.15) is 5.75 Å². The number of nitrogens with two attached hydrogens (primary N) is 1. The van der Waals surface area contributed by atoms with Crippen LogP contribution in [0.4, 0.5) is 16.2 Å². The summed E-state index contributed by atoms with van der Waals surface area (Å²) in [6.45, 7) is 5.07. The Hall–Kier alpha value is -2.69. The molecule has 5 heteroatoms. The normalized spacial score (nSPS) is 10.2. The summed E-state index contributed by atoms with van der Waals surface area (Å²) < 4.78 is 5.60. The molecule has 0 aliphatic carbocycles. The molecule has 5 nitrogen and oxygen atoms in total. The summed E-state index contributed by atoms with van der Waals surface area (Å²) in [6.07, 6.45) is 0.727. The minimum absolute atomic E-state index is 0.268. The number of nitrogen functional groups attached to an aromatic ring is 1. The Bertz CT molecular complexity index is 654. The lowest BCUT2D eigenvalue weighted by atomic mass is 10.2. The summed E-state index contributed by atoms with van der Waals surface area (Å²) in [5.74, 6) is 0.840. The molecule has 0 heterocycles. The Morgan fingerprint density at radius 2 is 1.78 bits per heavy atom. The quantitative estimate of drug-likeness (QED) is 0.564. The topological polar surface area (TPSA) is 76.4 Å². The fraction of sp³-hybridized carbons (Fsp3) is 0.278. The van der Waals surface area contributed by atoms with E-state index in [2.05, 4.69) is 10.6 Å². The highest BCUT2D eigenvalue weighted by atomic mass is 16.5. The molecule has 2 aromatic rings. The average Bonchev–Trinajstić information content (AvgIpc) is 2.51. The summed E-state index contributed by atoms with van der Waals surface area (Å²) >= 11 is 0. The van der Waals surface area contributed by atoms with Crippen molar-refractivity contribution in [2.24, 2.45) is 0 Å². The number of ether oxygens (including phenoxy) is 1. The lowest BCUT2D eigenvalue weighted by Gasteiger charge is -2.10. The number of urea groups is 1. The summed E-state index contributed by atoms with van der Waals surface area (Å²) in [6, 6.07) is 13.2. The number of anilines is 2. The van der Waals surface area contributed by atoms with Crippen molar-refractivity contribution in [1.82, 2.24) is 5.32 Å². The third-order valence-electron chi connectivity index (χ3n) is 3.35. The van der Waals surface area contributed by atoms with Gasteiger partial charge in [-0.05, 0) is 50.1 Å². The molecule has 2 aromatic carbocycles. The van der Waals surface area contributed by atoms with Gasteiger partial charge < -0.3 is 21.1 Å². The minimum atomic E-state index is -0.268. The van der Waals surface area contributed by atoms with E-state index < -0.39 is 0 Å². The second-order valence-electron chi connectivity index (χ2n) is 5.49. The van der Waals surface area contributed by atoms with E-state index in [0.29, 0.717) is 24.5 Å². The first-order valence-electron chi connectivity index (χ1n) is 7.65. The summed E-state index contributed by atoms with van der Waals surface area (Å²) in [4.78, 5) is 11.8. The maximum absolute atomic E-state index is 11.8. The van der Waals surface area contributed by atoms with Crippen LogP contribution in [0, 0.1) is 13.8 Å². The second-order valence-corrected chi connectivity index (χ2v) is 5.49. The Kier molecular flexibility index (Phi) is 5.86. The predicted octanol–water partition coefficient (Wildman–Crippen LogP) is 3.48. The molecular formula is C18H23N3O2. The molecule has 2 amide bonds. The molecule has 23 heavy (non-hydrogen) atoms. The zero-order valence-electron chi connectivity index (χ0n) is 13.6. The molecule has 0 aliphatic rings. The Balaban J connectivity index is 1.65. The van der Waals surface area contributed by atoms with E-state index in [4.69, 9.17) is 10.5 Å². The Morgan fingerprint density at radius 3 is 2.48 bits per heavy atom. The zero-order valence-corrected chi connectivity index (χ0v) is 13.6. The number of amides is 2. The molecule has 0 spiro atoms. The van der Waals surface area contributed by atoms with Crippen LogP contribution in [0.25, 0.3) is 0 Å². The molecule has 4 N–H and O–H groups in total. The Labute approximate surface area is 136 Å². The maximum atomic E-state index is 11.8. The third kappa shape index (κ3) is 5.54. The van der Waals surface area contributed by atoms with Crippen molar-refractivity contribution in [1.29, 1.82) is 0 Å². The molecule has 0 saturated carbocycles. The van der Waals surface area contributed by atoms with Crippen molar-refractivity contribution >= 4 is 17.4 Å². The van der Waals surface area contributed by atoms with Gasteiger partial charge in [0.05, 0.1) is 18.0 Å². The highest BCUT2D eigenvalue weighted by molar-refractivity contribution is 5.92. The van der Waals surface area contributed by atoms with Crippen molar-refractivity contribution in [2.75, 3.05) is 24.2 Å². The lowest BCUT2D eigenvalue weighted by molar-refractivity contribution is 0.250. The molecular weight excluding hydrogens is 290 g/mol. The van der Waals surface area contributed by atoms with Gasteiger partial charge in [-0.2, -0.15) is 0 Å².